The molecule has 0 aliphatic rings. The molecule has 0 saturated carbocycles. The molecule has 0 aliphatic heterocycles. The van der Waals surface area contributed by atoms with E-state index in [1.165, 1.54) is 24.3 Å². The van der Waals surface area contributed by atoms with Crippen LogP contribution in [0.5, 0.6) is 0 Å². The Labute approximate surface area is 82.1 Å². The van der Waals surface area contributed by atoms with E-state index < -0.39 is 16.3 Å². The Bertz CT molecular complexity index is 402. The summed E-state index contributed by atoms with van der Waals surface area (Å²) in [7, 11) is -3.73. The van der Waals surface area contributed by atoms with Crippen LogP contribution in [0.2, 0.25) is 0 Å². The molecule has 4 nitrogen and oxygen atoms in total. The fourth-order valence-corrected chi connectivity index (χ4v) is 1.69. The van der Waals surface area contributed by atoms with E-state index in [9.17, 15) is 12.8 Å². The van der Waals surface area contributed by atoms with Crippen molar-refractivity contribution < 1.29 is 12.8 Å². The first-order valence-electron chi connectivity index (χ1n) is 3.94. The number of hydrogen-bond acceptors (Lipinski definition) is 2. The monoisotopic (exact) mass is 218 g/mol. The third-order valence-electron chi connectivity index (χ3n) is 1.71. The van der Waals surface area contributed by atoms with Gasteiger partial charge in [-0.15, -0.1) is 0 Å². The topological polar surface area (TPSA) is 72.2 Å². The molecule has 0 saturated heterocycles. The molecule has 0 amide bonds. The van der Waals surface area contributed by atoms with Crippen molar-refractivity contribution in [3.8, 4) is 0 Å². The van der Waals surface area contributed by atoms with Gasteiger partial charge in [-0.3, -0.25) is 0 Å². The Morgan fingerprint density at radius 3 is 2.29 bits per heavy atom. The van der Waals surface area contributed by atoms with Crippen molar-refractivity contribution in [3.63, 3.8) is 0 Å². The molecule has 6 heteroatoms. The van der Waals surface area contributed by atoms with Crippen molar-refractivity contribution in [2.24, 2.45) is 5.14 Å². The second-order valence-corrected chi connectivity index (χ2v) is 4.26. The highest BCUT2D eigenvalue weighted by molar-refractivity contribution is 7.87. The number of hydrogen-bond donors (Lipinski definition) is 2. The average molecular weight is 218 g/mol. The van der Waals surface area contributed by atoms with Crippen LogP contribution in [0.25, 0.3) is 0 Å². The van der Waals surface area contributed by atoms with Gasteiger partial charge in [0, 0.05) is 6.04 Å². The Balaban J connectivity index is 2.80. The first-order chi connectivity index (χ1) is 6.38. The van der Waals surface area contributed by atoms with Gasteiger partial charge in [-0.1, -0.05) is 12.1 Å². The molecular weight excluding hydrogens is 207 g/mol. The maximum absolute atomic E-state index is 12.5. The smallest absolute Gasteiger partial charge is 0.216 e. The Morgan fingerprint density at radius 1 is 1.36 bits per heavy atom. The molecule has 14 heavy (non-hydrogen) atoms. The highest BCUT2D eigenvalue weighted by Crippen LogP contribution is 2.12. The summed E-state index contributed by atoms with van der Waals surface area (Å²) in [6.07, 6.45) is 0. The van der Waals surface area contributed by atoms with Crippen molar-refractivity contribution in [3.05, 3.63) is 35.6 Å². The van der Waals surface area contributed by atoms with E-state index in [4.69, 9.17) is 5.14 Å². The molecule has 0 bridgehead atoms. The van der Waals surface area contributed by atoms with Crippen LogP contribution in [-0.4, -0.2) is 8.42 Å². The minimum atomic E-state index is -3.73. The fraction of sp³-hybridized carbons (Fsp3) is 0.250. The summed E-state index contributed by atoms with van der Waals surface area (Å²) in [5.41, 5.74) is 0.653. The Kier molecular flexibility index (Phi) is 3.20. The molecule has 0 heterocycles. The molecule has 1 atom stereocenters. The van der Waals surface area contributed by atoms with E-state index in [2.05, 4.69) is 4.72 Å². The first-order valence-corrected chi connectivity index (χ1v) is 5.48. The fourth-order valence-electron chi connectivity index (χ4n) is 1.07. The lowest BCUT2D eigenvalue weighted by Gasteiger charge is -2.11. The second-order valence-electron chi connectivity index (χ2n) is 2.94. The minimum absolute atomic E-state index is 0.364. The summed E-state index contributed by atoms with van der Waals surface area (Å²) < 4.78 is 36.1. The lowest BCUT2D eigenvalue weighted by atomic mass is 10.1. The zero-order chi connectivity index (χ0) is 10.8. The van der Waals surface area contributed by atoms with Crippen molar-refractivity contribution >= 4 is 10.2 Å². The SMILES string of the molecule is C[C@@H](NS(N)(=O)=O)c1ccc(F)cc1. The van der Waals surface area contributed by atoms with Crippen LogP contribution in [0, 0.1) is 5.82 Å². The van der Waals surface area contributed by atoms with Gasteiger partial charge >= 0.3 is 0 Å². The van der Waals surface area contributed by atoms with Gasteiger partial charge in [-0.05, 0) is 24.6 Å². The molecule has 1 aromatic rings. The van der Waals surface area contributed by atoms with Gasteiger partial charge in [0.25, 0.3) is 10.2 Å². The van der Waals surface area contributed by atoms with Crippen LogP contribution < -0.4 is 9.86 Å². The van der Waals surface area contributed by atoms with Gasteiger partial charge in [0.2, 0.25) is 0 Å². The number of halogens is 1. The van der Waals surface area contributed by atoms with E-state index >= 15 is 0 Å². The van der Waals surface area contributed by atoms with E-state index in [1.54, 1.807) is 6.92 Å². The Hall–Kier alpha value is -0.980. The predicted molar refractivity (Wildman–Crippen MR) is 51.1 cm³/mol. The minimum Gasteiger partial charge on any atom is -0.216 e. The quantitative estimate of drug-likeness (QED) is 0.783. The normalized spacial score (nSPS) is 13.9. The van der Waals surface area contributed by atoms with Gasteiger partial charge in [0.15, 0.2) is 0 Å². The van der Waals surface area contributed by atoms with Gasteiger partial charge in [-0.2, -0.15) is 13.1 Å². The second kappa shape index (κ2) is 4.04. The molecule has 3 N–H and O–H groups in total. The number of benzene rings is 1. The molecule has 0 spiro atoms. The van der Waals surface area contributed by atoms with Crippen LogP contribution in [0.15, 0.2) is 24.3 Å². The number of rotatable bonds is 3. The van der Waals surface area contributed by atoms with Gasteiger partial charge in [0.05, 0.1) is 0 Å². The summed E-state index contributed by atoms with van der Waals surface area (Å²) in [6.45, 7) is 1.62. The molecule has 0 radical (unpaired) electrons. The number of nitrogens with two attached hydrogens (primary N) is 1. The molecule has 1 rings (SSSR count). The summed E-state index contributed by atoms with van der Waals surface area (Å²) in [5, 5.41) is 4.79. The van der Waals surface area contributed by atoms with Crippen molar-refractivity contribution in [2.45, 2.75) is 13.0 Å². The van der Waals surface area contributed by atoms with Crippen LogP contribution >= 0.6 is 0 Å². The summed E-state index contributed by atoms with van der Waals surface area (Å²) in [4.78, 5) is 0. The third kappa shape index (κ3) is 3.41. The standard InChI is InChI=1S/C8H11FN2O2S/c1-6(11-14(10,12)13)7-2-4-8(9)5-3-7/h2-6,11H,1H3,(H2,10,12,13)/t6-/m1/s1. The highest BCUT2D eigenvalue weighted by atomic mass is 32.2. The van der Waals surface area contributed by atoms with E-state index in [1.807, 2.05) is 0 Å². The molecular formula is C8H11FN2O2S. The summed E-state index contributed by atoms with van der Waals surface area (Å²) in [5.74, 6) is -0.364. The van der Waals surface area contributed by atoms with Crippen LogP contribution in [-0.2, 0) is 10.2 Å². The van der Waals surface area contributed by atoms with E-state index in [0.29, 0.717) is 5.56 Å². The average Bonchev–Trinajstić information content (AvgIpc) is 2.02. The third-order valence-corrected chi connectivity index (χ3v) is 2.39. The van der Waals surface area contributed by atoms with Gasteiger partial charge < -0.3 is 0 Å². The molecule has 0 aromatic heterocycles. The molecule has 0 aliphatic carbocycles. The van der Waals surface area contributed by atoms with Crippen LogP contribution in [0.1, 0.15) is 18.5 Å². The van der Waals surface area contributed by atoms with Crippen molar-refractivity contribution in [1.82, 2.24) is 4.72 Å². The predicted octanol–water partition coefficient (Wildman–Crippen LogP) is 0.680. The zero-order valence-corrected chi connectivity index (χ0v) is 8.38. The molecule has 0 fully saturated rings. The van der Waals surface area contributed by atoms with Gasteiger partial charge in [0.1, 0.15) is 5.82 Å². The van der Waals surface area contributed by atoms with E-state index in [0.717, 1.165) is 0 Å². The summed E-state index contributed by atoms with van der Waals surface area (Å²) >= 11 is 0. The first kappa shape index (κ1) is 11.1. The Morgan fingerprint density at radius 2 is 1.86 bits per heavy atom. The van der Waals surface area contributed by atoms with Crippen molar-refractivity contribution in [2.75, 3.05) is 0 Å². The highest BCUT2D eigenvalue weighted by Gasteiger charge is 2.10. The van der Waals surface area contributed by atoms with E-state index in [-0.39, 0.29) is 5.82 Å². The molecule has 78 valence electrons. The lowest BCUT2D eigenvalue weighted by Crippen LogP contribution is -2.32. The maximum Gasteiger partial charge on any atom is 0.274 e. The van der Waals surface area contributed by atoms with Crippen molar-refractivity contribution in [1.29, 1.82) is 0 Å². The van der Waals surface area contributed by atoms with Gasteiger partial charge in [-0.25, -0.2) is 9.53 Å². The number of nitrogens with one attached hydrogen (secondary N) is 1. The zero-order valence-electron chi connectivity index (χ0n) is 7.57. The van der Waals surface area contributed by atoms with Crippen LogP contribution in [0.3, 0.4) is 0 Å². The van der Waals surface area contributed by atoms with Crippen LogP contribution in [0.4, 0.5) is 4.39 Å². The summed E-state index contributed by atoms with van der Waals surface area (Å²) in [6, 6.07) is 5.05. The lowest BCUT2D eigenvalue weighted by molar-refractivity contribution is 0.568. The largest absolute Gasteiger partial charge is 0.274 e. The maximum atomic E-state index is 12.5. The molecule has 1 aromatic carbocycles. The molecule has 0 unspecified atom stereocenters.